The number of hydrogen-bond acceptors (Lipinski definition) is 0. The Bertz CT molecular complexity index is 389. The zero-order chi connectivity index (χ0) is 16.2. The van der Waals surface area contributed by atoms with Crippen molar-refractivity contribution in [2.24, 2.45) is 58.7 Å². The van der Waals surface area contributed by atoms with Gasteiger partial charge in [-0.3, -0.25) is 0 Å². The van der Waals surface area contributed by atoms with Crippen molar-refractivity contribution in [2.45, 2.75) is 80.6 Å². The van der Waals surface area contributed by atoms with Crippen molar-refractivity contribution < 1.29 is 0 Å². The lowest BCUT2D eigenvalue weighted by atomic mass is 9.40. The molecule has 9 atom stereocenters. The summed E-state index contributed by atoms with van der Waals surface area (Å²) in [5, 5.41) is 0. The van der Waals surface area contributed by atoms with E-state index in [0.29, 0.717) is 5.41 Å². The fourth-order valence-corrected chi connectivity index (χ4v) is 6.82. The number of fused-ring (bicyclic) bond motifs is 2. The van der Waals surface area contributed by atoms with Gasteiger partial charge in [0.15, 0.2) is 0 Å². The predicted octanol–water partition coefficient (Wildman–Crippen LogP) is 6.65. The quantitative estimate of drug-likeness (QED) is 0.547. The highest BCUT2D eigenvalue weighted by Crippen LogP contribution is 2.66. The van der Waals surface area contributed by atoms with Crippen LogP contribution in [0.4, 0.5) is 0 Å². The first-order valence-corrected chi connectivity index (χ1v) is 10.3. The van der Waals surface area contributed by atoms with Crippen LogP contribution in [0.5, 0.6) is 0 Å². The molecule has 0 N–H and O–H groups in total. The molecule has 3 aliphatic carbocycles. The molecule has 22 heavy (non-hydrogen) atoms. The topological polar surface area (TPSA) is 0 Å². The van der Waals surface area contributed by atoms with Gasteiger partial charge in [-0.2, -0.15) is 0 Å². The fraction of sp³-hybridized carbons (Fsp3) is 1.00. The minimum atomic E-state index is 0.503. The summed E-state index contributed by atoms with van der Waals surface area (Å²) in [6.07, 6.45) is 7.44. The van der Waals surface area contributed by atoms with Crippen LogP contribution in [0.2, 0.25) is 0 Å². The molecule has 0 heterocycles. The van der Waals surface area contributed by atoms with Gasteiger partial charge < -0.3 is 0 Å². The summed E-state index contributed by atoms with van der Waals surface area (Å²) in [6, 6.07) is 0. The normalized spacial score (nSPS) is 49.8. The second-order valence-electron chi connectivity index (χ2n) is 10.3. The van der Waals surface area contributed by atoms with Crippen LogP contribution in [0.1, 0.15) is 80.6 Å². The first kappa shape index (κ1) is 16.8. The van der Waals surface area contributed by atoms with Gasteiger partial charge >= 0.3 is 0 Å². The molecule has 3 saturated carbocycles. The fourth-order valence-electron chi connectivity index (χ4n) is 6.82. The first-order valence-electron chi connectivity index (χ1n) is 10.3. The number of hydrogen-bond donors (Lipinski definition) is 0. The Balaban J connectivity index is 1.79. The van der Waals surface area contributed by atoms with Crippen LogP contribution in [0, 0.1) is 58.7 Å². The van der Waals surface area contributed by atoms with Gasteiger partial charge in [0, 0.05) is 0 Å². The molecule has 0 amide bonds. The standard InChI is InChI=1S/C22H40/c1-8-22(6,7)16(5)18-11-17-12-20-19(15(4)21(17)20)10-13(2)9-14(18)3/h13-21H,8-12H2,1-7H3. The predicted molar refractivity (Wildman–Crippen MR) is 96.6 cm³/mol. The van der Waals surface area contributed by atoms with Gasteiger partial charge in [0.25, 0.3) is 0 Å². The molecule has 0 radical (unpaired) electrons. The summed E-state index contributed by atoms with van der Waals surface area (Å²) < 4.78 is 0. The van der Waals surface area contributed by atoms with Crippen molar-refractivity contribution in [3.05, 3.63) is 0 Å². The van der Waals surface area contributed by atoms with Crippen LogP contribution in [0.15, 0.2) is 0 Å². The Morgan fingerprint density at radius 3 is 2.23 bits per heavy atom. The van der Waals surface area contributed by atoms with Crippen molar-refractivity contribution >= 4 is 0 Å². The average Bonchev–Trinajstić information content (AvgIpc) is 2.44. The van der Waals surface area contributed by atoms with Gasteiger partial charge in [0.1, 0.15) is 0 Å². The average molecular weight is 305 g/mol. The maximum atomic E-state index is 2.58. The second-order valence-corrected chi connectivity index (χ2v) is 10.3. The van der Waals surface area contributed by atoms with E-state index in [-0.39, 0.29) is 0 Å². The van der Waals surface area contributed by atoms with E-state index in [4.69, 9.17) is 0 Å². The third-order valence-corrected chi connectivity index (χ3v) is 8.99. The van der Waals surface area contributed by atoms with Crippen LogP contribution in [0.25, 0.3) is 0 Å². The van der Waals surface area contributed by atoms with E-state index in [1.54, 1.807) is 6.42 Å². The second kappa shape index (κ2) is 5.82. The lowest BCUT2D eigenvalue weighted by molar-refractivity contribution is -0.168. The highest BCUT2D eigenvalue weighted by atomic mass is 14.6. The molecule has 9 unspecified atom stereocenters. The summed E-state index contributed by atoms with van der Waals surface area (Å²) >= 11 is 0. The Hall–Kier alpha value is 0. The zero-order valence-corrected chi connectivity index (χ0v) is 16.2. The molecule has 0 saturated heterocycles. The number of rotatable bonds is 3. The van der Waals surface area contributed by atoms with E-state index in [1.165, 1.54) is 25.7 Å². The summed E-state index contributed by atoms with van der Waals surface area (Å²) in [5.41, 5.74) is 0.503. The third kappa shape index (κ3) is 2.57. The molecule has 0 aromatic carbocycles. The van der Waals surface area contributed by atoms with E-state index in [1.807, 2.05) is 0 Å². The highest BCUT2D eigenvalue weighted by Gasteiger charge is 2.59. The maximum absolute atomic E-state index is 2.58. The minimum absolute atomic E-state index is 0.503. The van der Waals surface area contributed by atoms with Crippen molar-refractivity contribution in [3.63, 3.8) is 0 Å². The van der Waals surface area contributed by atoms with E-state index in [2.05, 4.69) is 48.5 Å². The summed E-state index contributed by atoms with van der Waals surface area (Å²) in [5.74, 6) is 9.12. The van der Waals surface area contributed by atoms with Crippen molar-refractivity contribution in [1.29, 1.82) is 0 Å². The summed E-state index contributed by atoms with van der Waals surface area (Å²) in [6.45, 7) is 17.7. The largest absolute Gasteiger partial charge is 0.0649 e. The molecule has 2 bridgehead atoms. The Morgan fingerprint density at radius 1 is 0.955 bits per heavy atom. The molecule has 0 aliphatic heterocycles. The summed E-state index contributed by atoms with van der Waals surface area (Å²) in [7, 11) is 0. The van der Waals surface area contributed by atoms with Crippen LogP contribution in [0.3, 0.4) is 0 Å². The molecular formula is C22H40. The summed E-state index contributed by atoms with van der Waals surface area (Å²) in [4.78, 5) is 0. The maximum Gasteiger partial charge on any atom is -0.0326 e. The monoisotopic (exact) mass is 304 g/mol. The van der Waals surface area contributed by atoms with Gasteiger partial charge in [0.2, 0.25) is 0 Å². The van der Waals surface area contributed by atoms with Gasteiger partial charge in [-0.15, -0.1) is 0 Å². The van der Waals surface area contributed by atoms with Crippen molar-refractivity contribution in [2.75, 3.05) is 0 Å². The van der Waals surface area contributed by atoms with Crippen LogP contribution >= 0.6 is 0 Å². The third-order valence-electron chi connectivity index (χ3n) is 8.99. The molecule has 0 spiro atoms. The Morgan fingerprint density at radius 2 is 1.64 bits per heavy atom. The lowest BCUT2D eigenvalue weighted by Gasteiger charge is -2.65. The Labute approximate surface area is 139 Å². The molecular weight excluding hydrogens is 264 g/mol. The molecule has 3 aliphatic rings. The van der Waals surface area contributed by atoms with E-state index >= 15 is 0 Å². The van der Waals surface area contributed by atoms with E-state index in [0.717, 1.165) is 53.3 Å². The lowest BCUT2D eigenvalue weighted by Crippen LogP contribution is -2.59. The van der Waals surface area contributed by atoms with Gasteiger partial charge in [0.05, 0.1) is 0 Å². The van der Waals surface area contributed by atoms with Crippen LogP contribution < -0.4 is 0 Å². The van der Waals surface area contributed by atoms with Gasteiger partial charge in [-0.05, 0) is 84.4 Å². The molecule has 0 aromatic rings. The van der Waals surface area contributed by atoms with Gasteiger partial charge in [-0.1, -0.05) is 54.9 Å². The Kier molecular flexibility index (Phi) is 4.45. The van der Waals surface area contributed by atoms with Crippen molar-refractivity contribution in [1.82, 2.24) is 0 Å². The molecule has 0 heteroatoms. The van der Waals surface area contributed by atoms with E-state index < -0.39 is 0 Å². The van der Waals surface area contributed by atoms with Crippen LogP contribution in [-0.2, 0) is 0 Å². The highest BCUT2D eigenvalue weighted by molar-refractivity contribution is 5.07. The molecule has 0 aromatic heterocycles. The molecule has 128 valence electrons. The molecule has 0 nitrogen and oxygen atoms in total. The van der Waals surface area contributed by atoms with Crippen LogP contribution in [-0.4, -0.2) is 0 Å². The SMILES string of the molecule is CCC(C)(C)C(C)C1CC2CC3C(CC(C)CC1C)C(C)C23. The first-order chi connectivity index (χ1) is 10.3. The van der Waals surface area contributed by atoms with Gasteiger partial charge in [-0.25, -0.2) is 0 Å². The zero-order valence-electron chi connectivity index (χ0n) is 16.2. The smallest absolute Gasteiger partial charge is 0.0326 e. The van der Waals surface area contributed by atoms with E-state index in [9.17, 15) is 0 Å². The molecule has 3 rings (SSSR count). The van der Waals surface area contributed by atoms with Crippen molar-refractivity contribution in [3.8, 4) is 0 Å². The molecule has 3 fully saturated rings. The minimum Gasteiger partial charge on any atom is -0.0649 e.